The van der Waals surface area contributed by atoms with E-state index in [-0.39, 0.29) is 6.61 Å². The van der Waals surface area contributed by atoms with Gasteiger partial charge in [0.2, 0.25) is 0 Å². The standard InChI is InChI=1S/C10H16ClNOS/c1-12(2)8(4-3-7-13)9-5-6-10(11)14-9/h5-6,8,13H,3-4,7H2,1-2H3. The van der Waals surface area contributed by atoms with Crippen molar-refractivity contribution in [3.8, 4) is 0 Å². The van der Waals surface area contributed by atoms with Gasteiger partial charge in [0.15, 0.2) is 0 Å². The second-order valence-corrected chi connectivity index (χ2v) is 5.23. The Labute approximate surface area is 94.1 Å². The lowest BCUT2D eigenvalue weighted by Crippen LogP contribution is -2.19. The maximum atomic E-state index is 8.81. The van der Waals surface area contributed by atoms with Crippen LogP contribution in [0.2, 0.25) is 4.34 Å². The molecule has 0 aliphatic heterocycles. The first-order chi connectivity index (χ1) is 6.65. The fraction of sp³-hybridized carbons (Fsp3) is 0.600. The lowest BCUT2D eigenvalue weighted by Gasteiger charge is -2.22. The molecule has 0 bridgehead atoms. The summed E-state index contributed by atoms with van der Waals surface area (Å²) in [5.41, 5.74) is 0. The van der Waals surface area contributed by atoms with Gasteiger partial charge in [0.1, 0.15) is 0 Å². The molecule has 1 heterocycles. The van der Waals surface area contributed by atoms with E-state index in [2.05, 4.69) is 25.1 Å². The molecule has 1 N–H and O–H groups in total. The smallest absolute Gasteiger partial charge is 0.0931 e. The van der Waals surface area contributed by atoms with E-state index in [0.717, 1.165) is 17.2 Å². The van der Waals surface area contributed by atoms with E-state index in [0.29, 0.717) is 6.04 Å². The maximum Gasteiger partial charge on any atom is 0.0931 e. The molecule has 1 aromatic rings. The summed E-state index contributed by atoms with van der Waals surface area (Å²) in [6.45, 7) is 0.253. The Bertz CT molecular complexity index is 275. The Morgan fingerprint density at radius 1 is 1.50 bits per heavy atom. The van der Waals surface area contributed by atoms with Gasteiger partial charge in [0.25, 0.3) is 0 Å². The highest BCUT2D eigenvalue weighted by Gasteiger charge is 2.15. The minimum Gasteiger partial charge on any atom is -0.396 e. The van der Waals surface area contributed by atoms with Crippen molar-refractivity contribution in [2.75, 3.05) is 20.7 Å². The minimum atomic E-state index is 0.253. The highest BCUT2D eigenvalue weighted by molar-refractivity contribution is 7.16. The summed E-state index contributed by atoms with van der Waals surface area (Å²) in [5.74, 6) is 0. The Hall–Kier alpha value is -0.0900. The molecule has 80 valence electrons. The van der Waals surface area contributed by atoms with E-state index >= 15 is 0 Å². The third kappa shape index (κ3) is 3.24. The molecule has 1 unspecified atom stereocenters. The number of nitrogens with zero attached hydrogens (tertiary/aromatic N) is 1. The van der Waals surface area contributed by atoms with Crippen LogP contribution in [0.25, 0.3) is 0 Å². The molecule has 0 saturated carbocycles. The molecular formula is C10H16ClNOS. The zero-order valence-corrected chi connectivity index (χ0v) is 10.1. The molecule has 2 nitrogen and oxygen atoms in total. The Kier molecular flexibility index (Phi) is 4.89. The van der Waals surface area contributed by atoms with Crippen LogP contribution in [0.4, 0.5) is 0 Å². The van der Waals surface area contributed by atoms with Crippen molar-refractivity contribution in [1.82, 2.24) is 4.90 Å². The molecule has 0 aliphatic rings. The third-order valence-corrected chi connectivity index (χ3v) is 3.51. The number of aliphatic hydroxyl groups is 1. The van der Waals surface area contributed by atoms with Crippen LogP contribution in [0.1, 0.15) is 23.8 Å². The predicted molar refractivity (Wildman–Crippen MR) is 62.1 cm³/mol. The Balaban J connectivity index is 2.67. The number of halogens is 1. The number of hydrogen-bond donors (Lipinski definition) is 1. The van der Waals surface area contributed by atoms with Crippen molar-refractivity contribution >= 4 is 22.9 Å². The van der Waals surface area contributed by atoms with Crippen molar-refractivity contribution < 1.29 is 5.11 Å². The molecule has 0 radical (unpaired) electrons. The molecule has 4 heteroatoms. The lowest BCUT2D eigenvalue weighted by molar-refractivity contribution is 0.237. The number of rotatable bonds is 5. The molecule has 0 amide bonds. The Morgan fingerprint density at radius 3 is 2.64 bits per heavy atom. The van der Waals surface area contributed by atoms with Crippen LogP contribution in [0, 0.1) is 0 Å². The quantitative estimate of drug-likeness (QED) is 0.846. The lowest BCUT2D eigenvalue weighted by atomic mass is 10.1. The first-order valence-corrected chi connectivity index (χ1v) is 5.87. The first kappa shape index (κ1) is 12.0. The van der Waals surface area contributed by atoms with Gasteiger partial charge in [-0.1, -0.05) is 11.6 Å². The van der Waals surface area contributed by atoms with E-state index in [1.54, 1.807) is 11.3 Å². The zero-order valence-electron chi connectivity index (χ0n) is 8.53. The SMILES string of the molecule is CN(C)C(CCCO)c1ccc(Cl)s1. The predicted octanol–water partition coefficient (Wildman–Crippen LogP) is 2.78. The van der Waals surface area contributed by atoms with E-state index in [4.69, 9.17) is 16.7 Å². The van der Waals surface area contributed by atoms with Gasteiger partial charge in [-0.25, -0.2) is 0 Å². The van der Waals surface area contributed by atoms with Crippen molar-refractivity contribution in [1.29, 1.82) is 0 Å². The van der Waals surface area contributed by atoms with Gasteiger partial charge in [-0.15, -0.1) is 11.3 Å². The largest absolute Gasteiger partial charge is 0.396 e. The molecule has 0 aromatic carbocycles. The van der Waals surface area contributed by atoms with Crippen molar-refractivity contribution in [2.24, 2.45) is 0 Å². The van der Waals surface area contributed by atoms with Crippen LogP contribution in [-0.2, 0) is 0 Å². The molecule has 0 saturated heterocycles. The summed E-state index contributed by atoms with van der Waals surface area (Å²) in [5, 5.41) is 8.81. The molecule has 1 atom stereocenters. The minimum absolute atomic E-state index is 0.253. The van der Waals surface area contributed by atoms with Crippen molar-refractivity contribution in [3.63, 3.8) is 0 Å². The molecule has 0 aliphatic carbocycles. The summed E-state index contributed by atoms with van der Waals surface area (Å²) in [4.78, 5) is 3.44. The second-order valence-electron chi connectivity index (χ2n) is 3.49. The number of hydrogen-bond acceptors (Lipinski definition) is 3. The number of thiophene rings is 1. The van der Waals surface area contributed by atoms with Crippen LogP contribution in [0.15, 0.2) is 12.1 Å². The second kappa shape index (κ2) is 5.71. The van der Waals surface area contributed by atoms with Crippen LogP contribution < -0.4 is 0 Å². The summed E-state index contributed by atoms with van der Waals surface area (Å²) < 4.78 is 0.829. The van der Waals surface area contributed by atoms with E-state index in [1.165, 1.54) is 4.88 Å². The fourth-order valence-corrected chi connectivity index (χ4v) is 2.74. The van der Waals surface area contributed by atoms with Crippen molar-refractivity contribution in [2.45, 2.75) is 18.9 Å². The number of aliphatic hydroxyl groups excluding tert-OH is 1. The first-order valence-electron chi connectivity index (χ1n) is 4.67. The average Bonchev–Trinajstić information content (AvgIpc) is 2.52. The van der Waals surface area contributed by atoms with Crippen LogP contribution >= 0.6 is 22.9 Å². The molecule has 1 rings (SSSR count). The maximum absolute atomic E-state index is 8.81. The van der Waals surface area contributed by atoms with Gasteiger partial charge in [0.05, 0.1) is 4.34 Å². The molecule has 0 fully saturated rings. The van der Waals surface area contributed by atoms with E-state index < -0.39 is 0 Å². The highest BCUT2D eigenvalue weighted by Crippen LogP contribution is 2.31. The van der Waals surface area contributed by atoms with Crippen LogP contribution in [-0.4, -0.2) is 30.7 Å². The van der Waals surface area contributed by atoms with E-state index in [9.17, 15) is 0 Å². The molecule has 14 heavy (non-hydrogen) atoms. The monoisotopic (exact) mass is 233 g/mol. The van der Waals surface area contributed by atoms with Gasteiger partial charge in [-0.05, 0) is 39.1 Å². The van der Waals surface area contributed by atoms with Gasteiger partial charge in [-0.3, -0.25) is 0 Å². The molecule has 1 aromatic heterocycles. The van der Waals surface area contributed by atoms with Gasteiger partial charge in [0, 0.05) is 17.5 Å². The molecular weight excluding hydrogens is 218 g/mol. The Morgan fingerprint density at radius 2 is 2.21 bits per heavy atom. The topological polar surface area (TPSA) is 23.5 Å². The van der Waals surface area contributed by atoms with Gasteiger partial charge in [-0.2, -0.15) is 0 Å². The van der Waals surface area contributed by atoms with Crippen molar-refractivity contribution in [3.05, 3.63) is 21.3 Å². The van der Waals surface area contributed by atoms with Crippen LogP contribution in [0.5, 0.6) is 0 Å². The summed E-state index contributed by atoms with van der Waals surface area (Å²) >= 11 is 7.51. The zero-order chi connectivity index (χ0) is 10.6. The summed E-state index contributed by atoms with van der Waals surface area (Å²) in [6.07, 6.45) is 1.80. The normalized spacial score (nSPS) is 13.5. The summed E-state index contributed by atoms with van der Waals surface area (Å²) in [7, 11) is 4.10. The fourth-order valence-electron chi connectivity index (χ4n) is 1.45. The van der Waals surface area contributed by atoms with Gasteiger partial charge < -0.3 is 10.0 Å². The van der Waals surface area contributed by atoms with Crippen LogP contribution in [0.3, 0.4) is 0 Å². The summed E-state index contributed by atoms with van der Waals surface area (Å²) in [6, 6.07) is 4.37. The van der Waals surface area contributed by atoms with E-state index in [1.807, 2.05) is 6.07 Å². The third-order valence-electron chi connectivity index (χ3n) is 2.18. The highest BCUT2D eigenvalue weighted by atomic mass is 35.5. The molecule has 0 spiro atoms. The van der Waals surface area contributed by atoms with Gasteiger partial charge >= 0.3 is 0 Å². The average molecular weight is 234 g/mol.